The Kier molecular flexibility index (Phi) is 4.06. The zero-order chi connectivity index (χ0) is 8.97. The van der Waals surface area contributed by atoms with Crippen LogP contribution in [0, 0.1) is 0 Å². The third kappa shape index (κ3) is 2.77. The molecule has 1 rings (SSSR count). The first kappa shape index (κ1) is 10.0. The van der Waals surface area contributed by atoms with Gasteiger partial charge in [-0.2, -0.15) is 0 Å². The summed E-state index contributed by atoms with van der Waals surface area (Å²) in [5.74, 6) is 0. The molecule has 1 aromatic carbocycles. The van der Waals surface area contributed by atoms with E-state index < -0.39 is 0 Å². The molecular formula is C9H11BrClN. The van der Waals surface area contributed by atoms with Crippen LogP contribution in [-0.2, 0) is 6.42 Å². The first-order valence-corrected chi connectivity index (χ1v) is 4.99. The fourth-order valence-electron chi connectivity index (χ4n) is 0.984. The van der Waals surface area contributed by atoms with Gasteiger partial charge in [0.15, 0.2) is 0 Å². The average Bonchev–Trinajstić information content (AvgIpc) is 2.03. The molecule has 0 amide bonds. The zero-order valence-electron chi connectivity index (χ0n) is 6.90. The Morgan fingerprint density at radius 1 is 1.50 bits per heavy atom. The van der Waals surface area contributed by atoms with Gasteiger partial charge in [0.1, 0.15) is 0 Å². The van der Waals surface area contributed by atoms with Crippen molar-refractivity contribution in [2.24, 2.45) is 0 Å². The lowest BCUT2D eigenvalue weighted by molar-refractivity contribution is 0.790. The van der Waals surface area contributed by atoms with Crippen LogP contribution in [0.2, 0.25) is 5.02 Å². The maximum Gasteiger partial charge on any atom is 0.0417 e. The minimum atomic E-state index is 0.773. The van der Waals surface area contributed by atoms with E-state index in [-0.39, 0.29) is 0 Å². The molecule has 0 fully saturated rings. The van der Waals surface area contributed by atoms with Crippen LogP contribution in [0.1, 0.15) is 5.56 Å². The highest BCUT2D eigenvalue weighted by Crippen LogP contribution is 2.21. The van der Waals surface area contributed by atoms with Gasteiger partial charge in [-0.15, -0.1) is 0 Å². The number of hydrogen-bond donors (Lipinski definition) is 1. The molecule has 0 aromatic heterocycles. The molecule has 0 aliphatic rings. The smallest absolute Gasteiger partial charge is 0.0417 e. The van der Waals surface area contributed by atoms with Gasteiger partial charge in [-0.1, -0.05) is 33.6 Å². The van der Waals surface area contributed by atoms with Gasteiger partial charge in [0, 0.05) is 9.50 Å². The molecule has 0 aliphatic heterocycles. The molecule has 1 aromatic rings. The lowest BCUT2D eigenvalue weighted by Gasteiger charge is -2.03. The van der Waals surface area contributed by atoms with Crippen LogP contribution in [0.4, 0.5) is 0 Å². The number of hydrogen-bond acceptors (Lipinski definition) is 1. The van der Waals surface area contributed by atoms with Gasteiger partial charge >= 0.3 is 0 Å². The summed E-state index contributed by atoms with van der Waals surface area (Å²) in [5, 5.41) is 3.88. The molecule has 0 radical (unpaired) electrons. The molecule has 66 valence electrons. The van der Waals surface area contributed by atoms with Crippen LogP contribution in [0.15, 0.2) is 22.7 Å². The normalized spacial score (nSPS) is 10.2. The molecule has 0 bridgehead atoms. The van der Waals surface area contributed by atoms with Crippen LogP contribution in [0.5, 0.6) is 0 Å². The predicted molar refractivity (Wildman–Crippen MR) is 56.8 cm³/mol. The third-order valence-corrected chi connectivity index (χ3v) is 2.63. The SMILES string of the molecule is CNCCc1ccc(Cl)cc1Br. The molecule has 0 saturated carbocycles. The number of benzene rings is 1. The molecule has 0 unspecified atom stereocenters. The summed E-state index contributed by atoms with van der Waals surface area (Å²) in [6, 6.07) is 5.88. The number of likely N-dealkylation sites (N-methyl/N-ethyl adjacent to an activating group) is 1. The van der Waals surface area contributed by atoms with E-state index in [1.54, 1.807) is 0 Å². The number of rotatable bonds is 3. The van der Waals surface area contributed by atoms with Crippen molar-refractivity contribution in [3.8, 4) is 0 Å². The van der Waals surface area contributed by atoms with Gasteiger partial charge in [0.05, 0.1) is 0 Å². The highest BCUT2D eigenvalue weighted by molar-refractivity contribution is 9.10. The summed E-state index contributed by atoms with van der Waals surface area (Å²) in [5.41, 5.74) is 1.29. The largest absolute Gasteiger partial charge is 0.319 e. The standard InChI is InChI=1S/C9H11BrClN/c1-12-5-4-7-2-3-8(11)6-9(7)10/h2-3,6,12H,4-5H2,1H3. The lowest BCUT2D eigenvalue weighted by Crippen LogP contribution is -2.10. The summed E-state index contributed by atoms with van der Waals surface area (Å²) in [6.07, 6.45) is 1.02. The molecule has 0 saturated heterocycles. The first-order valence-electron chi connectivity index (χ1n) is 3.82. The Bertz CT molecular complexity index is 263. The van der Waals surface area contributed by atoms with Gasteiger partial charge in [0.25, 0.3) is 0 Å². The Morgan fingerprint density at radius 2 is 2.25 bits per heavy atom. The molecule has 0 atom stereocenters. The van der Waals surface area contributed by atoms with Crippen molar-refractivity contribution in [3.63, 3.8) is 0 Å². The van der Waals surface area contributed by atoms with Gasteiger partial charge in [0.2, 0.25) is 0 Å². The molecule has 0 heterocycles. The first-order chi connectivity index (χ1) is 5.74. The molecule has 1 nitrogen and oxygen atoms in total. The Labute approximate surface area is 86.2 Å². The van der Waals surface area contributed by atoms with E-state index in [1.165, 1.54) is 5.56 Å². The van der Waals surface area contributed by atoms with Gasteiger partial charge < -0.3 is 5.32 Å². The summed E-state index contributed by atoms with van der Waals surface area (Å²) >= 11 is 9.27. The fraction of sp³-hybridized carbons (Fsp3) is 0.333. The summed E-state index contributed by atoms with van der Waals surface area (Å²) in [7, 11) is 1.95. The zero-order valence-corrected chi connectivity index (χ0v) is 9.24. The van der Waals surface area contributed by atoms with Crippen molar-refractivity contribution in [2.75, 3.05) is 13.6 Å². The van der Waals surface area contributed by atoms with Gasteiger partial charge in [-0.05, 0) is 37.7 Å². The molecular weight excluding hydrogens is 237 g/mol. The molecule has 0 aliphatic carbocycles. The lowest BCUT2D eigenvalue weighted by atomic mass is 10.1. The van der Waals surface area contributed by atoms with E-state index in [0.717, 1.165) is 22.5 Å². The van der Waals surface area contributed by atoms with Gasteiger partial charge in [-0.3, -0.25) is 0 Å². The molecule has 3 heteroatoms. The van der Waals surface area contributed by atoms with Crippen molar-refractivity contribution < 1.29 is 0 Å². The summed E-state index contributed by atoms with van der Waals surface area (Å²) in [4.78, 5) is 0. The van der Waals surface area contributed by atoms with Crippen molar-refractivity contribution >= 4 is 27.5 Å². The highest BCUT2D eigenvalue weighted by atomic mass is 79.9. The summed E-state index contributed by atoms with van der Waals surface area (Å²) in [6.45, 7) is 0.986. The molecule has 12 heavy (non-hydrogen) atoms. The van der Waals surface area contributed by atoms with Crippen LogP contribution in [0.25, 0.3) is 0 Å². The minimum Gasteiger partial charge on any atom is -0.319 e. The quantitative estimate of drug-likeness (QED) is 0.867. The minimum absolute atomic E-state index is 0.773. The van der Waals surface area contributed by atoms with Crippen molar-refractivity contribution in [1.29, 1.82) is 0 Å². The van der Waals surface area contributed by atoms with Crippen molar-refractivity contribution in [1.82, 2.24) is 5.32 Å². The fourth-order valence-corrected chi connectivity index (χ4v) is 1.87. The topological polar surface area (TPSA) is 12.0 Å². The van der Waals surface area contributed by atoms with E-state index in [4.69, 9.17) is 11.6 Å². The number of nitrogens with one attached hydrogen (secondary N) is 1. The summed E-state index contributed by atoms with van der Waals surface area (Å²) < 4.78 is 1.09. The monoisotopic (exact) mass is 247 g/mol. The van der Waals surface area contributed by atoms with Crippen LogP contribution in [0.3, 0.4) is 0 Å². The maximum atomic E-state index is 5.81. The van der Waals surface area contributed by atoms with E-state index in [1.807, 2.05) is 25.2 Å². The second-order valence-corrected chi connectivity index (χ2v) is 3.88. The molecule has 1 N–H and O–H groups in total. The van der Waals surface area contributed by atoms with E-state index in [9.17, 15) is 0 Å². The van der Waals surface area contributed by atoms with Crippen molar-refractivity contribution in [2.45, 2.75) is 6.42 Å². The Balaban J connectivity index is 2.72. The third-order valence-electron chi connectivity index (χ3n) is 1.66. The second kappa shape index (κ2) is 4.85. The van der Waals surface area contributed by atoms with E-state index >= 15 is 0 Å². The van der Waals surface area contributed by atoms with E-state index in [2.05, 4.69) is 21.2 Å². The average molecular weight is 249 g/mol. The van der Waals surface area contributed by atoms with Crippen LogP contribution < -0.4 is 5.32 Å². The Morgan fingerprint density at radius 3 is 2.83 bits per heavy atom. The highest BCUT2D eigenvalue weighted by Gasteiger charge is 1.98. The maximum absolute atomic E-state index is 5.81. The van der Waals surface area contributed by atoms with E-state index in [0.29, 0.717) is 0 Å². The van der Waals surface area contributed by atoms with Crippen molar-refractivity contribution in [3.05, 3.63) is 33.3 Å². The van der Waals surface area contributed by atoms with Gasteiger partial charge in [-0.25, -0.2) is 0 Å². The second-order valence-electron chi connectivity index (χ2n) is 2.59. The van der Waals surface area contributed by atoms with Crippen LogP contribution in [-0.4, -0.2) is 13.6 Å². The van der Waals surface area contributed by atoms with Crippen LogP contribution >= 0.6 is 27.5 Å². The molecule has 0 spiro atoms. The number of halogens is 2. The predicted octanol–water partition coefficient (Wildman–Crippen LogP) is 2.86. The Hall–Kier alpha value is -0.0500.